The molecule has 1 aliphatic rings. The molecule has 0 radical (unpaired) electrons. The molecule has 0 fully saturated rings. The first kappa shape index (κ1) is 10.8. The largest absolute Gasteiger partial charge is 0.491 e. The summed E-state index contributed by atoms with van der Waals surface area (Å²) >= 11 is 0. The van der Waals surface area contributed by atoms with Gasteiger partial charge in [-0.3, -0.25) is 0 Å². The maximum Gasteiger partial charge on any atom is 0.282 e. The van der Waals surface area contributed by atoms with Crippen molar-refractivity contribution in [3.63, 3.8) is 0 Å². The van der Waals surface area contributed by atoms with Gasteiger partial charge in [0.05, 0.1) is 12.6 Å². The maximum atomic E-state index is 5.62. The first-order valence-corrected chi connectivity index (χ1v) is 5.38. The van der Waals surface area contributed by atoms with Crippen LogP contribution in [0.15, 0.2) is 29.3 Å². The molecule has 0 saturated carbocycles. The lowest BCUT2D eigenvalue weighted by Crippen LogP contribution is -2.13. The molecule has 16 heavy (non-hydrogen) atoms. The van der Waals surface area contributed by atoms with E-state index in [2.05, 4.69) is 4.99 Å². The number of aliphatic imine (C=N–C) groups is 1. The van der Waals surface area contributed by atoms with Gasteiger partial charge in [0, 0.05) is 0 Å². The summed E-state index contributed by atoms with van der Waals surface area (Å²) in [5, 5.41) is 0. The summed E-state index contributed by atoms with van der Waals surface area (Å²) in [5.74, 6) is 0.849. The third kappa shape index (κ3) is 2.45. The van der Waals surface area contributed by atoms with Gasteiger partial charge in [0.1, 0.15) is 11.9 Å². The third-order valence-corrected chi connectivity index (χ3v) is 2.28. The smallest absolute Gasteiger partial charge is 0.282 e. The van der Waals surface area contributed by atoms with E-state index < -0.39 is 0 Å². The first-order chi connectivity index (χ1) is 7.65. The fourth-order valence-corrected chi connectivity index (χ4v) is 1.63. The average molecular weight is 220 g/mol. The van der Waals surface area contributed by atoms with Gasteiger partial charge in [-0.1, -0.05) is 12.1 Å². The fraction of sp³-hybridized carbons (Fsp3) is 0.417. The molecule has 1 atom stereocenters. The van der Waals surface area contributed by atoms with Crippen LogP contribution < -0.4 is 10.5 Å². The van der Waals surface area contributed by atoms with Crippen LogP contribution >= 0.6 is 0 Å². The van der Waals surface area contributed by atoms with Crippen LogP contribution in [0.4, 0.5) is 0 Å². The van der Waals surface area contributed by atoms with Crippen molar-refractivity contribution in [1.82, 2.24) is 0 Å². The van der Waals surface area contributed by atoms with E-state index in [1.807, 2.05) is 38.1 Å². The monoisotopic (exact) mass is 220 g/mol. The molecular formula is C12H16N2O2. The van der Waals surface area contributed by atoms with Gasteiger partial charge in [-0.05, 0) is 31.5 Å². The van der Waals surface area contributed by atoms with Gasteiger partial charge >= 0.3 is 0 Å². The lowest BCUT2D eigenvalue weighted by atomic mass is 10.1. The zero-order valence-electron chi connectivity index (χ0n) is 9.51. The van der Waals surface area contributed by atoms with Crippen molar-refractivity contribution >= 4 is 6.02 Å². The molecule has 0 aromatic heterocycles. The number of benzene rings is 1. The van der Waals surface area contributed by atoms with Crippen LogP contribution in [-0.4, -0.2) is 18.7 Å². The van der Waals surface area contributed by atoms with Crippen LogP contribution in [0.5, 0.6) is 5.75 Å². The summed E-state index contributed by atoms with van der Waals surface area (Å²) in [6, 6.07) is 8.11. The molecule has 1 aromatic rings. The SMILES string of the molecule is CC(C)Oc1cccc(C2CN=C(N)O2)c1. The number of ether oxygens (including phenoxy) is 2. The second-order valence-electron chi connectivity index (χ2n) is 4.02. The summed E-state index contributed by atoms with van der Waals surface area (Å²) in [4.78, 5) is 4.02. The summed E-state index contributed by atoms with van der Waals surface area (Å²) in [6.07, 6.45) is 0.0942. The summed E-state index contributed by atoms with van der Waals surface area (Å²) < 4.78 is 11.0. The topological polar surface area (TPSA) is 56.8 Å². The van der Waals surface area contributed by atoms with Crippen LogP contribution in [0.1, 0.15) is 25.5 Å². The predicted octanol–water partition coefficient (Wildman–Crippen LogP) is 1.86. The normalized spacial score (nSPS) is 19.4. The third-order valence-electron chi connectivity index (χ3n) is 2.28. The van der Waals surface area contributed by atoms with Crippen molar-refractivity contribution in [1.29, 1.82) is 0 Å². The minimum atomic E-state index is -0.0734. The van der Waals surface area contributed by atoms with Crippen LogP contribution in [0.2, 0.25) is 0 Å². The molecule has 1 unspecified atom stereocenters. The first-order valence-electron chi connectivity index (χ1n) is 5.38. The molecular weight excluding hydrogens is 204 g/mol. The fourth-order valence-electron chi connectivity index (χ4n) is 1.63. The molecule has 0 bridgehead atoms. The van der Waals surface area contributed by atoms with Gasteiger partial charge in [0.15, 0.2) is 0 Å². The van der Waals surface area contributed by atoms with Gasteiger partial charge in [-0.2, -0.15) is 0 Å². The van der Waals surface area contributed by atoms with Crippen molar-refractivity contribution in [2.24, 2.45) is 10.7 Å². The predicted molar refractivity (Wildman–Crippen MR) is 62.5 cm³/mol. The zero-order chi connectivity index (χ0) is 11.5. The Morgan fingerprint density at radius 3 is 2.94 bits per heavy atom. The van der Waals surface area contributed by atoms with E-state index in [4.69, 9.17) is 15.2 Å². The highest BCUT2D eigenvalue weighted by Crippen LogP contribution is 2.25. The van der Waals surface area contributed by atoms with Crippen LogP contribution in [0, 0.1) is 0 Å². The maximum absolute atomic E-state index is 5.62. The van der Waals surface area contributed by atoms with E-state index in [9.17, 15) is 0 Å². The van der Waals surface area contributed by atoms with Gasteiger partial charge in [0.25, 0.3) is 6.02 Å². The summed E-state index contributed by atoms with van der Waals surface area (Å²) in [5.41, 5.74) is 6.52. The van der Waals surface area contributed by atoms with Crippen LogP contribution in [0.25, 0.3) is 0 Å². The Bertz CT molecular complexity index is 402. The number of rotatable bonds is 3. The van der Waals surface area contributed by atoms with E-state index >= 15 is 0 Å². The summed E-state index contributed by atoms with van der Waals surface area (Å²) in [7, 11) is 0. The molecule has 2 rings (SSSR count). The second-order valence-corrected chi connectivity index (χ2v) is 4.02. The second kappa shape index (κ2) is 4.43. The van der Waals surface area contributed by atoms with E-state index in [1.54, 1.807) is 0 Å². The Morgan fingerprint density at radius 1 is 1.50 bits per heavy atom. The number of amidine groups is 1. The Morgan fingerprint density at radius 2 is 2.31 bits per heavy atom. The molecule has 86 valence electrons. The van der Waals surface area contributed by atoms with Gasteiger partial charge in [0.2, 0.25) is 0 Å². The molecule has 2 N–H and O–H groups in total. The van der Waals surface area contributed by atoms with Crippen molar-refractivity contribution in [2.75, 3.05) is 6.54 Å². The summed E-state index contributed by atoms with van der Waals surface area (Å²) in [6.45, 7) is 4.58. The molecule has 0 aliphatic carbocycles. The Labute approximate surface area is 95.1 Å². The van der Waals surface area contributed by atoms with Crippen LogP contribution in [0.3, 0.4) is 0 Å². The van der Waals surface area contributed by atoms with Crippen molar-refractivity contribution in [3.05, 3.63) is 29.8 Å². The molecule has 1 aromatic carbocycles. The number of hydrogen-bond donors (Lipinski definition) is 1. The standard InChI is InChI=1S/C12H16N2O2/c1-8(2)15-10-5-3-4-9(6-10)11-7-14-12(13)16-11/h3-6,8,11H,7H2,1-2H3,(H2,13,14). The van der Waals surface area contributed by atoms with E-state index in [0.29, 0.717) is 6.54 Å². The van der Waals surface area contributed by atoms with Crippen molar-refractivity contribution < 1.29 is 9.47 Å². The van der Waals surface area contributed by atoms with E-state index in [1.165, 1.54) is 0 Å². The molecule has 1 aliphatic heterocycles. The highest BCUT2D eigenvalue weighted by molar-refractivity contribution is 5.73. The quantitative estimate of drug-likeness (QED) is 0.845. The van der Waals surface area contributed by atoms with E-state index in [0.717, 1.165) is 11.3 Å². The average Bonchev–Trinajstić information content (AvgIpc) is 2.64. The van der Waals surface area contributed by atoms with Crippen molar-refractivity contribution in [3.8, 4) is 5.75 Å². The molecule has 0 amide bonds. The minimum Gasteiger partial charge on any atom is -0.491 e. The zero-order valence-corrected chi connectivity index (χ0v) is 9.51. The number of nitrogens with zero attached hydrogens (tertiary/aromatic N) is 1. The minimum absolute atomic E-state index is 0.0734. The van der Waals surface area contributed by atoms with Crippen LogP contribution in [-0.2, 0) is 4.74 Å². The van der Waals surface area contributed by atoms with Gasteiger partial charge in [-0.15, -0.1) is 0 Å². The van der Waals surface area contributed by atoms with Gasteiger partial charge < -0.3 is 15.2 Å². The van der Waals surface area contributed by atoms with Crippen molar-refractivity contribution in [2.45, 2.75) is 26.1 Å². The van der Waals surface area contributed by atoms with E-state index in [-0.39, 0.29) is 18.2 Å². The highest BCUT2D eigenvalue weighted by Gasteiger charge is 2.19. The van der Waals surface area contributed by atoms with Gasteiger partial charge in [-0.25, -0.2) is 4.99 Å². The Kier molecular flexibility index (Phi) is 2.99. The molecule has 0 saturated heterocycles. The Hall–Kier alpha value is -1.71. The number of hydrogen-bond acceptors (Lipinski definition) is 4. The highest BCUT2D eigenvalue weighted by atomic mass is 16.5. The number of nitrogens with two attached hydrogens (primary N) is 1. The molecule has 1 heterocycles. The Balaban J connectivity index is 2.10. The molecule has 4 heteroatoms. The molecule has 0 spiro atoms. The lowest BCUT2D eigenvalue weighted by Gasteiger charge is -2.13. The lowest BCUT2D eigenvalue weighted by molar-refractivity contribution is 0.221. The molecule has 4 nitrogen and oxygen atoms in total.